The molecule has 0 amide bonds. The Hall–Kier alpha value is -1.41. The molecular weight excluding hydrogens is 334 g/mol. The lowest BCUT2D eigenvalue weighted by Crippen LogP contribution is -2.60. The van der Waals surface area contributed by atoms with Gasteiger partial charge in [-0.15, -0.1) is 0 Å². The lowest BCUT2D eigenvalue weighted by molar-refractivity contribution is -0.486. The highest BCUT2D eigenvalue weighted by atomic mass is 16.7. The first-order chi connectivity index (χ1) is 12.5. The molecule has 2 unspecified atom stereocenters. The van der Waals surface area contributed by atoms with Gasteiger partial charge in [-0.25, -0.2) is 10.1 Å². The standard InChI is InChI=1S/C18H35N5O3/c1-4-6-7-9-17(8-5-2)22-14-20(3)18(19-23(24)25)21(15-22)12-16-10-11-26-13-16/h16-17H,4-15H2,1-3H3. The third-order valence-corrected chi connectivity index (χ3v) is 5.32. The number of hydrazone groups is 1. The van der Waals surface area contributed by atoms with Crippen LogP contribution in [0, 0.1) is 16.0 Å². The van der Waals surface area contributed by atoms with Gasteiger partial charge in [0.2, 0.25) is 0 Å². The molecule has 2 atom stereocenters. The van der Waals surface area contributed by atoms with Gasteiger partial charge in [-0.3, -0.25) is 4.90 Å². The highest BCUT2D eigenvalue weighted by molar-refractivity contribution is 5.79. The summed E-state index contributed by atoms with van der Waals surface area (Å²) >= 11 is 0. The van der Waals surface area contributed by atoms with E-state index in [9.17, 15) is 10.1 Å². The smallest absolute Gasteiger partial charge is 0.275 e. The first-order valence-electron chi connectivity index (χ1n) is 10.1. The zero-order valence-electron chi connectivity index (χ0n) is 16.6. The fourth-order valence-corrected chi connectivity index (χ4v) is 4.00. The fourth-order valence-electron chi connectivity index (χ4n) is 4.00. The number of rotatable bonds is 10. The number of nitrogens with zero attached hydrogens (tertiary/aromatic N) is 5. The minimum Gasteiger partial charge on any atom is -0.381 e. The Morgan fingerprint density at radius 3 is 2.69 bits per heavy atom. The van der Waals surface area contributed by atoms with Gasteiger partial charge < -0.3 is 14.5 Å². The second-order valence-corrected chi connectivity index (χ2v) is 7.60. The zero-order chi connectivity index (χ0) is 18.9. The number of hydrogen-bond acceptors (Lipinski definition) is 4. The van der Waals surface area contributed by atoms with Crippen LogP contribution in [0.1, 0.15) is 58.8 Å². The summed E-state index contributed by atoms with van der Waals surface area (Å²) in [5.41, 5.74) is 0. The Morgan fingerprint density at radius 2 is 2.08 bits per heavy atom. The summed E-state index contributed by atoms with van der Waals surface area (Å²) in [6.07, 6.45) is 8.27. The minimum absolute atomic E-state index is 0.421. The van der Waals surface area contributed by atoms with Crippen molar-refractivity contribution in [2.45, 2.75) is 64.8 Å². The van der Waals surface area contributed by atoms with Crippen LogP contribution in [0.15, 0.2) is 5.10 Å². The molecule has 0 N–H and O–H groups in total. The molecule has 8 heteroatoms. The van der Waals surface area contributed by atoms with Crippen molar-refractivity contribution >= 4 is 5.96 Å². The average Bonchev–Trinajstić information content (AvgIpc) is 3.10. The third kappa shape index (κ3) is 6.09. The van der Waals surface area contributed by atoms with Crippen LogP contribution in [0.3, 0.4) is 0 Å². The van der Waals surface area contributed by atoms with E-state index in [1.165, 1.54) is 32.1 Å². The summed E-state index contributed by atoms with van der Waals surface area (Å²) < 4.78 is 5.49. The van der Waals surface area contributed by atoms with Crippen molar-refractivity contribution in [3.05, 3.63) is 10.1 Å². The molecule has 2 aliphatic heterocycles. The molecule has 2 fully saturated rings. The van der Waals surface area contributed by atoms with E-state index in [1.54, 1.807) is 0 Å². The lowest BCUT2D eigenvalue weighted by Gasteiger charge is -2.45. The van der Waals surface area contributed by atoms with Crippen molar-refractivity contribution < 1.29 is 9.77 Å². The van der Waals surface area contributed by atoms with Crippen LogP contribution in [0.25, 0.3) is 0 Å². The topological polar surface area (TPSA) is 74.5 Å². The van der Waals surface area contributed by atoms with Gasteiger partial charge in [0.1, 0.15) is 5.10 Å². The molecule has 0 aromatic heterocycles. The minimum atomic E-state index is -0.579. The zero-order valence-corrected chi connectivity index (χ0v) is 16.6. The number of guanidine groups is 1. The Balaban J connectivity index is 2.09. The maximum Gasteiger partial charge on any atom is 0.275 e. The van der Waals surface area contributed by atoms with Crippen molar-refractivity contribution in [3.63, 3.8) is 0 Å². The molecule has 0 spiro atoms. The molecule has 2 saturated heterocycles. The van der Waals surface area contributed by atoms with E-state index in [4.69, 9.17) is 4.74 Å². The molecule has 0 radical (unpaired) electrons. The van der Waals surface area contributed by atoms with E-state index >= 15 is 0 Å². The van der Waals surface area contributed by atoms with Crippen LogP contribution in [0.5, 0.6) is 0 Å². The fraction of sp³-hybridized carbons (Fsp3) is 0.944. The summed E-state index contributed by atoms with van der Waals surface area (Å²) in [5, 5.41) is 14.1. The maximum atomic E-state index is 11.0. The monoisotopic (exact) mass is 369 g/mol. The van der Waals surface area contributed by atoms with Crippen LogP contribution < -0.4 is 0 Å². The van der Waals surface area contributed by atoms with Gasteiger partial charge in [-0.2, -0.15) is 0 Å². The van der Waals surface area contributed by atoms with Gasteiger partial charge in [0.05, 0.1) is 19.9 Å². The summed E-state index contributed by atoms with van der Waals surface area (Å²) in [5.74, 6) is 0.895. The average molecular weight is 370 g/mol. The molecule has 8 nitrogen and oxygen atoms in total. The molecule has 2 rings (SSSR count). The predicted molar refractivity (Wildman–Crippen MR) is 102 cm³/mol. The summed E-state index contributed by atoms with van der Waals surface area (Å²) in [6.45, 7) is 8.16. The lowest BCUT2D eigenvalue weighted by atomic mass is 10.0. The largest absolute Gasteiger partial charge is 0.381 e. The van der Waals surface area contributed by atoms with Crippen molar-refractivity contribution in [1.82, 2.24) is 14.7 Å². The first kappa shape index (κ1) is 20.9. The molecule has 150 valence electrons. The van der Waals surface area contributed by atoms with Crippen LogP contribution in [0.4, 0.5) is 0 Å². The van der Waals surface area contributed by atoms with Crippen molar-refractivity contribution in [2.75, 3.05) is 40.1 Å². The summed E-state index contributed by atoms with van der Waals surface area (Å²) in [4.78, 5) is 17.5. The van der Waals surface area contributed by atoms with Gasteiger partial charge in [0.25, 0.3) is 5.96 Å². The molecule has 0 saturated carbocycles. The molecule has 26 heavy (non-hydrogen) atoms. The predicted octanol–water partition coefficient (Wildman–Crippen LogP) is 2.78. The van der Waals surface area contributed by atoms with Gasteiger partial charge in [0, 0.05) is 32.2 Å². The number of unbranched alkanes of at least 4 members (excludes halogenated alkanes) is 2. The highest BCUT2D eigenvalue weighted by Crippen LogP contribution is 2.22. The SMILES string of the molecule is CCCCCC(CCC)N1CN(C)C(=N[N+](=O)[O-])N(CC2CCOC2)C1. The number of ether oxygens (including phenoxy) is 1. The van der Waals surface area contributed by atoms with Gasteiger partial charge >= 0.3 is 0 Å². The highest BCUT2D eigenvalue weighted by Gasteiger charge is 2.34. The normalized spacial score (nSPS) is 24.4. The van der Waals surface area contributed by atoms with Crippen LogP contribution in [-0.4, -0.2) is 71.9 Å². The van der Waals surface area contributed by atoms with Gasteiger partial charge in [-0.05, 0) is 19.3 Å². The second kappa shape index (κ2) is 10.7. The molecule has 0 bridgehead atoms. The maximum absolute atomic E-state index is 11.0. The Bertz CT molecular complexity index is 468. The number of nitro groups is 1. The van der Waals surface area contributed by atoms with Crippen molar-refractivity contribution in [2.24, 2.45) is 11.0 Å². The second-order valence-electron chi connectivity index (χ2n) is 7.60. The summed E-state index contributed by atoms with van der Waals surface area (Å²) in [7, 11) is 1.90. The van der Waals surface area contributed by atoms with Crippen LogP contribution >= 0.6 is 0 Å². The molecule has 2 heterocycles. The summed E-state index contributed by atoms with van der Waals surface area (Å²) in [6, 6.07) is 0.522. The van der Waals surface area contributed by atoms with E-state index in [0.29, 0.717) is 31.3 Å². The van der Waals surface area contributed by atoms with E-state index < -0.39 is 5.03 Å². The molecule has 0 aromatic rings. The van der Waals surface area contributed by atoms with E-state index in [1.807, 2.05) is 11.9 Å². The third-order valence-electron chi connectivity index (χ3n) is 5.32. The van der Waals surface area contributed by atoms with Crippen molar-refractivity contribution in [1.29, 1.82) is 0 Å². The molecular formula is C18H35N5O3. The quantitative estimate of drug-likeness (QED) is 0.335. The van der Waals surface area contributed by atoms with E-state index in [0.717, 1.165) is 32.6 Å². The van der Waals surface area contributed by atoms with E-state index in [-0.39, 0.29) is 0 Å². The Kier molecular flexibility index (Phi) is 8.58. The Morgan fingerprint density at radius 1 is 1.27 bits per heavy atom. The van der Waals surface area contributed by atoms with Gasteiger partial charge in [-0.1, -0.05) is 39.5 Å². The van der Waals surface area contributed by atoms with Gasteiger partial charge in [0.15, 0.2) is 5.03 Å². The molecule has 0 aromatic carbocycles. The van der Waals surface area contributed by atoms with Crippen LogP contribution in [0.2, 0.25) is 0 Å². The first-order valence-corrected chi connectivity index (χ1v) is 10.1. The number of hydrogen-bond donors (Lipinski definition) is 0. The molecule has 0 aliphatic carbocycles. The Labute approximate surface area is 157 Å². The van der Waals surface area contributed by atoms with Crippen LogP contribution in [-0.2, 0) is 4.74 Å². The van der Waals surface area contributed by atoms with Crippen molar-refractivity contribution in [3.8, 4) is 0 Å². The van der Waals surface area contributed by atoms with E-state index in [2.05, 4.69) is 28.7 Å². The molecule has 2 aliphatic rings.